The third kappa shape index (κ3) is 3.87. The van der Waals surface area contributed by atoms with Crippen LogP contribution < -0.4 is 10.1 Å². The van der Waals surface area contributed by atoms with Crippen molar-refractivity contribution < 1.29 is 4.74 Å². The lowest BCUT2D eigenvalue weighted by Gasteiger charge is -2.30. The summed E-state index contributed by atoms with van der Waals surface area (Å²) in [5, 5.41) is 4.86. The summed E-state index contributed by atoms with van der Waals surface area (Å²) in [6, 6.07) is 14.8. The molecule has 4 heteroatoms. The number of nitrogens with one attached hydrogen (secondary N) is 2. The van der Waals surface area contributed by atoms with Gasteiger partial charge in [-0.15, -0.1) is 0 Å². The molecule has 1 unspecified atom stereocenters. The lowest BCUT2D eigenvalue weighted by atomic mass is 10.0. The molecule has 2 aromatic carbocycles. The molecule has 0 bridgehead atoms. The third-order valence-corrected chi connectivity index (χ3v) is 7.23. The molecule has 2 heterocycles. The number of hydrogen-bond acceptors (Lipinski definition) is 2. The number of benzene rings is 2. The topological polar surface area (TPSA) is 37.0 Å². The van der Waals surface area contributed by atoms with Crippen molar-refractivity contribution in [2.45, 2.75) is 38.3 Å². The fourth-order valence-corrected chi connectivity index (χ4v) is 4.80. The molecule has 0 radical (unpaired) electrons. The Hall–Kier alpha value is -2.30. The minimum absolute atomic E-state index is 0.248. The van der Waals surface area contributed by atoms with E-state index in [-0.39, 0.29) is 5.73 Å². The molecule has 3 aromatic rings. The Morgan fingerprint density at radius 3 is 2.67 bits per heavy atom. The molecule has 1 aliphatic rings. The van der Waals surface area contributed by atoms with E-state index in [1.54, 1.807) is 0 Å². The lowest BCUT2D eigenvalue weighted by molar-refractivity contribution is 0.311. The van der Waals surface area contributed by atoms with E-state index in [1.807, 2.05) is 0 Å². The van der Waals surface area contributed by atoms with Gasteiger partial charge in [0.1, 0.15) is 11.5 Å². The van der Waals surface area contributed by atoms with Gasteiger partial charge >= 0.3 is 0 Å². The summed E-state index contributed by atoms with van der Waals surface area (Å²) >= 11 is 0. The van der Waals surface area contributed by atoms with Crippen molar-refractivity contribution in [3.8, 4) is 5.75 Å². The summed E-state index contributed by atoms with van der Waals surface area (Å²) in [7, 11) is -1.37. The monoisotopic (exact) mass is 376 g/mol. The molecule has 0 saturated heterocycles. The van der Waals surface area contributed by atoms with Crippen LogP contribution in [0.15, 0.2) is 54.7 Å². The molecule has 27 heavy (non-hydrogen) atoms. The van der Waals surface area contributed by atoms with E-state index in [9.17, 15) is 0 Å². The number of ether oxygens (including phenoxy) is 1. The molecule has 1 aromatic heterocycles. The second kappa shape index (κ2) is 7.37. The number of hydrogen-bond donors (Lipinski definition) is 2. The highest BCUT2D eigenvalue weighted by molar-refractivity contribution is 6.78. The molecule has 0 spiro atoms. The smallest absolute Gasteiger partial charge is 0.127 e. The first-order valence-corrected chi connectivity index (χ1v) is 13.3. The van der Waals surface area contributed by atoms with Crippen molar-refractivity contribution in [3.05, 3.63) is 71.4 Å². The number of rotatable bonds is 6. The fourth-order valence-electron chi connectivity index (χ4n) is 3.65. The maximum atomic E-state index is 6.36. The Morgan fingerprint density at radius 2 is 1.89 bits per heavy atom. The molecule has 0 fully saturated rings. The summed E-state index contributed by atoms with van der Waals surface area (Å²) in [4.78, 5) is 3.43. The minimum Gasteiger partial charge on any atom is -0.490 e. The number of fused-ring (bicyclic) bond motifs is 3. The van der Waals surface area contributed by atoms with Crippen LogP contribution >= 0.6 is 0 Å². The van der Waals surface area contributed by atoms with Crippen LogP contribution in [-0.4, -0.2) is 25.3 Å². The third-order valence-electron chi connectivity index (χ3n) is 5.22. The van der Waals surface area contributed by atoms with E-state index >= 15 is 0 Å². The zero-order chi connectivity index (χ0) is 18.9. The van der Waals surface area contributed by atoms with Crippen LogP contribution in [0.2, 0.25) is 19.6 Å². The van der Waals surface area contributed by atoms with Crippen LogP contribution in [0.25, 0.3) is 17.0 Å². The highest BCUT2D eigenvalue weighted by Crippen LogP contribution is 2.36. The molecule has 1 aliphatic heterocycles. The Kier molecular flexibility index (Phi) is 4.94. The van der Waals surface area contributed by atoms with E-state index in [2.05, 4.69) is 90.8 Å². The predicted molar refractivity (Wildman–Crippen MR) is 117 cm³/mol. The van der Waals surface area contributed by atoms with Gasteiger partial charge < -0.3 is 15.0 Å². The molecule has 140 valence electrons. The highest BCUT2D eigenvalue weighted by Gasteiger charge is 2.29. The van der Waals surface area contributed by atoms with Crippen molar-refractivity contribution in [1.29, 1.82) is 0 Å². The largest absolute Gasteiger partial charge is 0.490 e. The molecule has 0 aliphatic carbocycles. The predicted octanol–water partition coefficient (Wildman–Crippen LogP) is 5.15. The SMILES string of the molecule is C[Si](C)(C)C1C=Cc2c(ccc3[nH]cc(CCNCc4ccccc4)c23)O1. The Labute approximate surface area is 162 Å². The number of H-pyrrole nitrogens is 1. The van der Waals surface area contributed by atoms with Crippen LogP contribution in [0.1, 0.15) is 16.7 Å². The first kappa shape index (κ1) is 18.1. The van der Waals surface area contributed by atoms with Crippen molar-refractivity contribution >= 4 is 25.1 Å². The maximum absolute atomic E-state index is 6.36. The van der Waals surface area contributed by atoms with Gasteiger partial charge in [0, 0.05) is 29.2 Å². The zero-order valence-corrected chi connectivity index (χ0v) is 17.4. The lowest BCUT2D eigenvalue weighted by Crippen LogP contribution is -2.42. The summed E-state index contributed by atoms with van der Waals surface area (Å²) in [5.41, 5.74) is 5.33. The quantitative estimate of drug-likeness (QED) is 0.461. The van der Waals surface area contributed by atoms with Crippen LogP contribution in [0.5, 0.6) is 5.75 Å². The van der Waals surface area contributed by atoms with Gasteiger partial charge in [-0.3, -0.25) is 0 Å². The molecule has 1 atom stereocenters. The van der Waals surface area contributed by atoms with Crippen molar-refractivity contribution in [1.82, 2.24) is 10.3 Å². The van der Waals surface area contributed by atoms with Crippen LogP contribution in [-0.2, 0) is 13.0 Å². The van der Waals surface area contributed by atoms with Gasteiger partial charge in [0.25, 0.3) is 0 Å². The number of aromatic amines is 1. The second-order valence-corrected chi connectivity index (χ2v) is 13.7. The van der Waals surface area contributed by atoms with E-state index in [1.165, 1.54) is 27.6 Å². The average Bonchev–Trinajstić information content (AvgIpc) is 3.08. The second-order valence-electron chi connectivity index (χ2n) is 8.39. The van der Waals surface area contributed by atoms with E-state index in [4.69, 9.17) is 4.74 Å². The molecule has 2 N–H and O–H groups in total. The van der Waals surface area contributed by atoms with E-state index < -0.39 is 8.07 Å². The molecular formula is C23H28N2OSi. The van der Waals surface area contributed by atoms with Gasteiger partial charge in [0.05, 0.1) is 8.07 Å². The van der Waals surface area contributed by atoms with Crippen LogP contribution in [0, 0.1) is 0 Å². The normalized spacial score (nSPS) is 16.3. The van der Waals surface area contributed by atoms with Gasteiger partial charge in [-0.25, -0.2) is 0 Å². The minimum atomic E-state index is -1.37. The first-order chi connectivity index (χ1) is 13.0. The molecular weight excluding hydrogens is 348 g/mol. The standard InChI is InChI=1S/C23H28N2OSi/c1-27(2,3)22-12-9-19-21(26-22)11-10-20-23(19)18(16-25-20)13-14-24-15-17-7-5-4-6-8-17/h4-12,16,22,24-25H,13-15H2,1-3H3. The first-order valence-electron chi connectivity index (χ1n) is 9.75. The summed E-state index contributed by atoms with van der Waals surface area (Å²) in [6.45, 7) is 8.92. The van der Waals surface area contributed by atoms with Gasteiger partial charge in [-0.1, -0.05) is 56.0 Å². The number of aromatic nitrogens is 1. The van der Waals surface area contributed by atoms with Crippen molar-refractivity contribution in [2.75, 3.05) is 6.54 Å². The Morgan fingerprint density at radius 1 is 1.07 bits per heavy atom. The van der Waals surface area contributed by atoms with E-state index in [0.717, 1.165) is 25.3 Å². The summed E-state index contributed by atoms with van der Waals surface area (Å²) in [5.74, 6) is 1.02. The summed E-state index contributed by atoms with van der Waals surface area (Å²) < 4.78 is 6.36. The molecule has 0 saturated carbocycles. The molecule has 3 nitrogen and oxygen atoms in total. The Balaban J connectivity index is 1.50. The van der Waals surface area contributed by atoms with Gasteiger partial charge in [-0.05, 0) is 42.3 Å². The zero-order valence-electron chi connectivity index (χ0n) is 16.4. The highest BCUT2D eigenvalue weighted by atomic mass is 28.3. The maximum Gasteiger partial charge on any atom is 0.127 e. The van der Waals surface area contributed by atoms with Gasteiger partial charge in [-0.2, -0.15) is 0 Å². The van der Waals surface area contributed by atoms with E-state index in [0.29, 0.717) is 0 Å². The van der Waals surface area contributed by atoms with Crippen molar-refractivity contribution in [3.63, 3.8) is 0 Å². The summed E-state index contributed by atoms with van der Waals surface area (Å²) in [6.07, 6.45) is 7.68. The van der Waals surface area contributed by atoms with Crippen molar-refractivity contribution in [2.24, 2.45) is 0 Å². The van der Waals surface area contributed by atoms with Gasteiger partial charge in [0.15, 0.2) is 0 Å². The molecule has 0 amide bonds. The van der Waals surface area contributed by atoms with Crippen LogP contribution in [0.4, 0.5) is 0 Å². The average molecular weight is 377 g/mol. The Bertz CT molecular complexity index is 954. The molecule has 4 rings (SSSR count). The van der Waals surface area contributed by atoms with Crippen LogP contribution in [0.3, 0.4) is 0 Å². The van der Waals surface area contributed by atoms with Gasteiger partial charge in [0.2, 0.25) is 0 Å². The fraction of sp³-hybridized carbons (Fsp3) is 0.304.